The summed E-state index contributed by atoms with van der Waals surface area (Å²) in [6.45, 7) is 3.34. The van der Waals surface area contributed by atoms with Gasteiger partial charge in [-0.15, -0.1) is 10.2 Å². The van der Waals surface area contributed by atoms with Gasteiger partial charge >= 0.3 is 0 Å². The van der Waals surface area contributed by atoms with E-state index in [2.05, 4.69) is 29.1 Å². The van der Waals surface area contributed by atoms with Crippen molar-refractivity contribution in [3.05, 3.63) is 35.5 Å². The molecule has 0 amide bonds. The molecule has 0 aliphatic carbocycles. The van der Waals surface area contributed by atoms with Gasteiger partial charge in [0.2, 0.25) is 11.8 Å². The highest BCUT2D eigenvalue weighted by Crippen LogP contribution is 2.31. The Labute approximate surface area is 148 Å². The molecular weight excluding hydrogens is 318 g/mol. The first kappa shape index (κ1) is 17.5. The summed E-state index contributed by atoms with van der Waals surface area (Å²) < 4.78 is 16.4. The number of ether oxygens (including phenoxy) is 2. The van der Waals surface area contributed by atoms with Gasteiger partial charge in [0, 0.05) is 12.1 Å². The smallest absolute Gasteiger partial charge is 0.240 e. The van der Waals surface area contributed by atoms with Gasteiger partial charge in [0.1, 0.15) is 0 Å². The molecule has 1 aliphatic rings. The van der Waals surface area contributed by atoms with E-state index in [4.69, 9.17) is 13.9 Å². The molecule has 3 rings (SSSR count). The standard InChI is InChI=1S/C19H25N3O3/c1-13-15(6-5-11-22(13)2)19-21-20-18(25-19)10-8-14-7-9-16(23-3)17(12-14)24-4/h7-10,12-13,15H,5-6,11H2,1-4H3/b10-8+/t13-,15-/m0/s1. The molecule has 25 heavy (non-hydrogen) atoms. The Morgan fingerprint density at radius 2 is 1.96 bits per heavy atom. The molecule has 0 unspecified atom stereocenters. The third-order valence-corrected chi connectivity index (χ3v) is 4.90. The molecule has 1 fully saturated rings. The third kappa shape index (κ3) is 3.85. The van der Waals surface area contributed by atoms with Crippen molar-refractivity contribution in [3.8, 4) is 11.5 Å². The number of rotatable bonds is 5. The highest BCUT2D eigenvalue weighted by Gasteiger charge is 2.30. The maximum Gasteiger partial charge on any atom is 0.240 e. The summed E-state index contributed by atoms with van der Waals surface area (Å²) in [5.74, 6) is 2.94. The van der Waals surface area contributed by atoms with Crippen LogP contribution in [0.4, 0.5) is 0 Å². The average molecular weight is 343 g/mol. The number of hydrogen-bond donors (Lipinski definition) is 0. The van der Waals surface area contributed by atoms with Crippen LogP contribution in [0.5, 0.6) is 11.5 Å². The van der Waals surface area contributed by atoms with Crippen LogP contribution in [0.3, 0.4) is 0 Å². The molecule has 2 heterocycles. The maximum atomic E-state index is 5.87. The second kappa shape index (κ2) is 7.70. The summed E-state index contributed by atoms with van der Waals surface area (Å²) in [4.78, 5) is 2.34. The second-order valence-electron chi connectivity index (χ2n) is 6.40. The molecule has 6 heteroatoms. The average Bonchev–Trinajstić information content (AvgIpc) is 3.10. The summed E-state index contributed by atoms with van der Waals surface area (Å²) in [5.41, 5.74) is 0.975. The molecule has 134 valence electrons. The number of aromatic nitrogens is 2. The molecule has 6 nitrogen and oxygen atoms in total. The largest absolute Gasteiger partial charge is 0.493 e. The third-order valence-electron chi connectivity index (χ3n) is 4.90. The first-order valence-electron chi connectivity index (χ1n) is 8.56. The van der Waals surface area contributed by atoms with E-state index in [9.17, 15) is 0 Å². The number of likely N-dealkylation sites (N-methyl/N-ethyl adjacent to an activating group) is 1. The highest BCUT2D eigenvalue weighted by atomic mass is 16.5. The van der Waals surface area contributed by atoms with Gasteiger partial charge in [0.15, 0.2) is 11.5 Å². The predicted molar refractivity (Wildman–Crippen MR) is 96.8 cm³/mol. The van der Waals surface area contributed by atoms with E-state index in [1.165, 1.54) is 0 Å². The van der Waals surface area contributed by atoms with Gasteiger partial charge in [-0.25, -0.2) is 0 Å². The Hall–Kier alpha value is -2.34. The lowest BCUT2D eigenvalue weighted by Gasteiger charge is -2.34. The minimum Gasteiger partial charge on any atom is -0.493 e. The lowest BCUT2D eigenvalue weighted by Crippen LogP contribution is -2.39. The summed E-state index contributed by atoms with van der Waals surface area (Å²) in [6, 6.07) is 6.15. The molecule has 0 bridgehead atoms. The van der Waals surface area contributed by atoms with Crippen molar-refractivity contribution in [1.82, 2.24) is 15.1 Å². The number of nitrogens with zero attached hydrogens (tertiary/aromatic N) is 3. The summed E-state index contributed by atoms with van der Waals surface area (Å²) in [6.07, 6.45) is 6.00. The lowest BCUT2D eigenvalue weighted by molar-refractivity contribution is 0.158. The van der Waals surface area contributed by atoms with Crippen LogP contribution >= 0.6 is 0 Å². The van der Waals surface area contributed by atoms with E-state index in [0.29, 0.717) is 29.3 Å². The van der Waals surface area contributed by atoms with Crippen LogP contribution in [0.2, 0.25) is 0 Å². The van der Waals surface area contributed by atoms with Crippen LogP contribution in [0.15, 0.2) is 22.6 Å². The first-order valence-corrected chi connectivity index (χ1v) is 8.56. The van der Waals surface area contributed by atoms with Crippen molar-refractivity contribution in [3.63, 3.8) is 0 Å². The lowest BCUT2D eigenvalue weighted by atomic mass is 9.91. The van der Waals surface area contributed by atoms with E-state index in [-0.39, 0.29) is 0 Å². The van der Waals surface area contributed by atoms with Crippen molar-refractivity contribution < 1.29 is 13.9 Å². The monoisotopic (exact) mass is 343 g/mol. The molecule has 0 N–H and O–H groups in total. The SMILES string of the molecule is COc1ccc(/C=C/c2nnc([C@H]3CCCN(C)[C@H]3C)o2)cc1OC. The van der Waals surface area contributed by atoms with E-state index < -0.39 is 0 Å². The number of methoxy groups -OCH3 is 2. The van der Waals surface area contributed by atoms with Crippen molar-refractivity contribution in [2.45, 2.75) is 31.7 Å². The molecule has 0 radical (unpaired) electrons. The second-order valence-corrected chi connectivity index (χ2v) is 6.40. The molecule has 0 saturated carbocycles. The molecular formula is C19H25N3O3. The van der Waals surface area contributed by atoms with Gasteiger partial charge in [-0.2, -0.15) is 0 Å². The Bertz CT molecular complexity index is 741. The zero-order chi connectivity index (χ0) is 17.8. The predicted octanol–water partition coefficient (Wildman–Crippen LogP) is 3.45. The van der Waals surface area contributed by atoms with Crippen LogP contribution in [-0.4, -0.2) is 49.0 Å². The van der Waals surface area contributed by atoms with Gasteiger partial charge in [-0.05, 0) is 57.1 Å². The minimum atomic E-state index is 0.300. The number of hydrogen-bond acceptors (Lipinski definition) is 6. The van der Waals surface area contributed by atoms with E-state index in [1.807, 2.05) is 30.4 Å². The van der Waals surface area contributed by atoms with E-state index >= 15 is 0 Å². The van der Waals surface area contributed by atoms with Crippen LogP contribution in [0.1, 0.15) is 43.0 Å². The number of piperidine rings is 1. The zero-order valence-electron chi connectivity index (χ0n) is 15.2. The van der Waals surface area contributed by atoms with E-state index in [0.717, 1.165) is 30.8 Å². The maximum absolute atomic E-state index is 5.87. The van der Waals surface area contributed by atoms with Gasteiger partial charge < -0.3 is 18.8 Å². The fourth-order valence-electron chi connectivity index (χ4n) is 3.23. The molecule has 2 atom stereocenters. The fourth-order valence-corrected chi connectivity index (χ4v) is 3.23. The summed E-state index contributed by atoms with van der Waals surface area (Å²) in [7, 11) is 5.39. The van der Waals surface area contributed by atoms with Crippen molar-refractivity contribution in [2.75, 3.05) is 27.8 Å². The van der Waals surface area contributed by atoms with Crippen molar-refractivity contribution >= 4 is 12.2 Å². The number of benzene rings is 1. The minimum absolute atomic E-state index is 0.300. The van der Waals surface area contributed by atoms with E-state index in [1.54, 1.807) is 14.2 Å². The molecule has 2 aromatic rings. The topological polar surface area (TPSA) is 60.6 Å². The molecule has 1 aromatic heterocycles. The summed E-state index contributed by atoms with van der Waals surface area (Å²) >= 11 is 0. The molecule has 1 aliphatic heterocycles. The van der Waals surface area contributed by atoms with Crippen molar-refractivity contribution in [1.29, 1.82) is 0 Å². The molecule has 1 aromatic carbocycles. The molecule has 1 saturated heterocycles. The Kier molecular flexibility index (Phi) is 5.38. The Balaban J connectivity index is 1.74. The number of likely N-dealkylation sites (tertiary alicyclic amines) is 1. The highest BCUT2D eigenvalue weighted by molar-refractivity contribution is 5.67. The quantitative estimate of drug-likeness (QED) is 0.829. The van der Waals surface area contributed by atoms with Crippen LogP contribution in [0, 0.1) is 0 Å². The van der Waals surface area contributed by atoms with Crippen molar-refractivity contribution in [2.24, 2.45) is 0 Å². The Morgan fingerprint density at radius 3 is 2.72 bits per heavy atom. The van der Waals surface area contributed by atoms with Gasteiger partial charge in [0.05, 0.1) is 20.1 Å². The van der Waals surface area contributed by atoms with Gasteiger partial charge in [-0.3, -0.25) is 0 Å². The summed E-state index contributed by atoms with van der Waals surface area (Å²) in [5, 5.41) is 8.42. The Morgan fingerprint density at radius 1 is 1.16 bits per heavy atom. The normalized spacial score (nSPS) is 21.6. The van der Waals surface area contributed by atoms with Gasteiger partial charge in [-0.1, -0.05) is 6.07 Å². The zero-order valence-corrected chi connectivity index (χ0v) is 15.2. The first-order chi connectivity index (χ1) is 12.1. The van der Waals surface area contributed by atoms with Crippen LogP contribution in [-0.2, 0) is 0 Å². The fraction of sp³-hybridized carbons (Fsp3) is 0.474. The van der Waals surface area contributed by atoms with Crippen LogP contribution in [0.25, 0.3) is 12.2 Å². The molecule has 0 spiro atoms. The van der Waals surface area contributed by atoms with Crippen LogP contribution < -0.4 is 9.47 Å². The van der Waals surface area contributed by atoms with Gasteiger partial charge in [0.25, 0.3) is 0 Å².